The predicted molar refractivity (Wildman–Crippen MR) is 109 cm³/mol. The van der Waals surface area contributed by atoms with Crippen LogP contribution in [0.2, 0.25) is 0 Å². The summed E-state index contributed by atoms with van der Waals surface area (Å²) in [6.45, 7) is 6.22. The summed E-state index contributed by atoms with van der Waals surface area (Å²) in [4.78, 5) is 0. The minimum absolute atomic E-state index is 0.173. The summed E-state index contributed by atoms with van der Waals surface area (Å²) >= 11 is 0. The van der Waals surface area contributed by atoms with E-state index >= 15 is 0 Å². The fraction of sp³-hybridized carbons (Fsp3) is 0.545. The quantitative estimate of drug-likeness (QED) is 0.514. The molecule has 0 aliphatic carbocycles. The smallest absolute Gasteiger partial charge is 0.131 e. The van der Waals surface area contributed by atoms with Crippen molar-refractivity contribution in [3.8, 4) is 17.2 Å². The fourth-order valence-electron chi connectivity index (χ4n) is 2.59. The normalized spacial score (nSPS) is 14.5. The Balaban J connectivity index is 2.39. The first-order valence-electron chi connectivity index (χ1n) is 9.98. The molecule has 6 nitrogen and oxygen atoms in total. The molecule has 0 aliphatic rings. The van der Waals surface area contributed by atoms with Crippen LogP contribution < -0.4 is 14.2 Å². The van der Waals surface area contributed by atoms with Crippen LogP contribution in [0.25, 0.3) is 10.8 Å². The highest BCUT2D eigenvalue weighted by Gasteiger charge is 2.16. The third kappa shape index (κ3) is 5.99. The SMILES string of the molecule is CCC(O)COc1ccc(OCC(O)CC)c2c(OCC(O)CC)cccc12. The largest absolute Gasteiger partial charge is 0.490 e. The first-order valence-corrected chi connectivity index (χ1v) is 9.98. The number of aliphatic hydroxyl groups excluding tert-OH is 3. The van der Waals surface area contributed by atoms with E-state index < -0.39 is 18.3 Å². The van der Waals surface area contributed by atoms with Gasteiger partial charge in [0, 0.05) is 5.39 Å². The van der Waals surface area contributed by atoms with Gasteiger partial charge < -0.3 is 29.5 Å². The van der Waals surface area contributed by atoms with Crippen molar-refractivity contribution in [1.82, 2.24) is 0 Å². The lowest BCUT2D eigenvalue weighted by Gasteiger charge is -2.19. The molecule has 0 aliphatic heterocycles. The van der Waals surface area contributed by atoms with Crippen LogP contribution in [0.15, 0.2) is 30.3 Å². The summed E-state index contributed by atoms with van der Waals surface area (Å²) < 4.78 is 17.5. The molecule has 0 spiro atoms. The molecule has 0 aromatic heterocycles. The lowest BCUT2D eigenvalue weighted by atomic mass is 10.1. The van der Waals surface area contributed by atoms with E-state index in [9.17, 15) is 15.3 Å². The van der Waals surface area contributed by atoms with E-state index in [-0.39, 0.29) is 19.8 Å². The zero-order valence-corrected chi connectivity index (χ0v) is 16.9. The van der Waals surface area contributed by atoms with Crippen molar-refractivity contribution in [3.05, 3.63) is 30.3 Å². The molecule has 0 bridgehead atoms. The highest BCUT2D eigenvalue weighted by Crippen LogP contribution is 2.39. The molecule has 2 aromatic carbocycles. The van der Waals surface area contributed by atoms with Gasteiger partial charge in [0.1, 0.15) is 37.1 Å². The highest BCUT2D eigenvalue weighted by atomic mass is 16.5. The molecule has 0 amide bonds. The molecule has 0 radical (unpaired) electrons. The van der Waals surface area contributed by atoms with Gasteiger partial charge in [-0.3, -0.25) is 0 Å². The first kappa shape index (κ1) is 22.3. The van der Waals surface area contributed by atoms with Crippen LogP contribution >= 0.6 is 0 Å². The van der Waals surface area contributed by atoms with Gasteiger partial charge in [-0.25, -0.2) is 0 Å². The van der Waals surface area contributed by atoms with Gasteiger partial charge in [0.05, 0.1) is 23.7 Å². The van der Waals surface area contributed by atoms with Crippen LogP contribution in [-0.2, 0) is 0 Å². The summed E-state index contributed by atoms with van der Waals surface area (Å²) in [5.41, 5.74) is 0. The second-order valence-corrected chi connectivity index (χ2v) is 6.86. The zero-order chi connectivity index (χ0) is 20.5. The Labute approximate surface area is 166 Å². The van der Waals surface area contributed by atoms with Crippen LogP contribution in [-0.4, -0.2) is 53.5 Å². The van der Waals surface area contributed by atoms with E-state index in [0.29, 0.717) is 36.5 Å². The number of benzene rings is 2. The molecule has 3 unspecified atom stereocenters. The summed E-state index contributed by atoms with van der Waals surface area (Å²) in [5, 5.41) is 31.0. The maximum atomic E-state index is 9.85. The summed E-state index contributed by atoms with van der Waals surface area (Å²) in [5.74, 6) is 1.77. The Morgan fingerprint density at radius 2 is 1.07 bits per heavy atom. The molecule has 6 heteroatoms. The van der Waals surface area contributed by atoms with Crippen molar-refractivity contribution in [2.24, 2.45) is 0 Å². The molecular formula is C22H32O6. The predicted octanol–water partition coefficient (Wildman–Crippen LogP) is 3.29. The molecule has 2 rings (SSSR count). The number of rotatable bonds is 12. The third-order valence-corrected chi connectivity index (χ3v) is 4.63. The topological polar surface area (TPSA) is 88.4 Å². The third-order valence-electron chi connectivity index (χ3n) is 4.63. The molecular weight excluding hydrogens is 360 g/mol. The number of ether oxygens (including phenoxy) is 3. The van der Waals surface area contributed by atoms with E-state index in [0.717, 1.165) is 10.8 Å². The van der Waals surface area contributed by atoms with E-state index in [4.69, 9.17) is 14.2 Å². The van der Waals surface area contributed by atoms with Gasteiger partial charge in [0.15, 0.2) is 0 Å². The monoisotopic (exact) mass is 392 g/mol. The second kappa shape index (κ2) is 11.1. The fourth-order valence-corrected chi connectivity index (χ4v) is 2.59. The highest BCUT2D eigenvalue weighted by molar-refractivity contribution is 5.98. The molecule has 2 aromatic rings. The number of hydrogen-bond acceptors (Lipinski definition) is 6. The zero-order valence-electron chi connectivity index (χ0n) is 16.9. The lowest BCUT2D eigenvalue weighted by molar-refractivity contribution is 0.101. The Morgan fingerprint density at radius 3 is 1.57 bits per heavy atom. The van der Waals surface area contributed by atoms with Gasteiger partial charge in [-0.05, 0) is 37.5 Å². The first-order chi connectivity index (χ1) is 13.5. The number of aliphatic hydroxyl groups is 3. The minimum atomic E-state index is -0.555. The number of fused-ring (bicyclic) bond motifs is 1. The molecule has 0 saturated carbocycles. The van der Waals surface area contributed by atoms with E-state index in [1.165, 1.54) is 0 Å². The number of hydrogen-bond donors (Lipinski definition) is 3. The molecule has 156 valence electrons. The summed E-state index contributed by atoms with van der Waals surface area (Å²) in [6.07, 6.45) is 0.156. The molecule has 3 N–H and O–H groups in total. The van der Waals surface area contributed by atoms with Gasteiger partial charge >= 0.3 is 0 Å². The second-order valence-electron chi connectivity index (χ2n) is 6.86. The van der Waals surface area contributed by atoms with Gasteiger partial charge in [0.2, 0.25) is 0 Å². The van der Waals surface area contributed by atoms with Gasteiger partial charge in [-0.1, -0.05) is 32.9 Å². The summed E-state index contributed by atoms with van der Waals surface area (Å²) in [6, 6.07) is 9.14. The van der Waals surface area contributed by atoms with Crippen molar-refractivity contribution < 1.29 is 29.5 Å². The Bertz CT molecular complexity index is 712. The Hall–Kier alpha value is -2.02. The minimum Gasteiger partial charge on any atom is -0.490 e. The van der Waals surface area contributed by atoms with Crippen LogP contribution in [0.4, 0.5) is 0 Å². The van der Waals surface area contributed by atoms with Crippen molar-refractivity contribution in [2.75, 3.05) is 19.8 Å². The van der Waals surface area contributed by atoms with Crippen LogP contribution in [0.5, 0.6) is 17.2 Å². The van der Waals surface area contributed by atoms with E-state index in [1.54, 1.807) is 12.1 Å². The van der Waals surface area contributed by atoms with Gasteiger partial charge in [-0.2, -0.15) is 0 Å². The Morgan fingerprint density at radius 1 is 0.643 bits per heavy atom. The molecule has 0 heterocycles. The van der Waals surface area contributed by atoms with Gasteiger partial charge in [-0.15, -0.1) is 0 Å². The van der Waals surface area contributed by atoms with Crippen molar-refractivity contribution >= 4 is 10.8 Å². The van der Waals surface area contributed by atoms with Crippen molar-refractivity contribution in [2.45, 2.75) is 58.3 Å². The van der Waals surface area contributed by atoms with Gasteiger partial charge in [0.25, 0.3) is 0 Å². The standard InChI is InChI=1S/C22H32O6/c1-4-15(23)12-26-19-10-11-21(28-14-17(25)6-3)22-18(19)8-7-9-20(22)27-13-16(24)5-2/h7-11,15-17,23-25H,4-6,12-14H2,1-3H3. The average Bonchev–Trinajstić information content (AvgIpc) is 2.73. The Kier molecular flexibility index (Phi) is 8.83. The maximum Gasteiger partial charge on any atom is 0.131 e. The molecule has 0 saturated heterocycles. The van der Waals surface area contributed by atoms with E-state index in [2.05, 4.69) is 0 Å². The van der Waals surface area contributed by atoms with Crippen LogP contribution in [0, 0.1) is 0 Å². The maximum absolute atomic E-state index is 9.85. The van der Waals surface area contributed by atoms with Crippen LogP contribution in [0.1, 0.15) is 40.0 Å². The van der Waals surface area contributed by atoms with Crippen molar-refractivity contribution in [3.63, 3.8) is 0 Å². The molecule has 3 atom stereocenters. The van der Waals surface area contributed by atoms with Crippen molar-refractivity contribution in [1.29, 1.82) is 0 Å². The van der Waals surface area contributed by atoms with E-state index in [1.807, 2.05) is 39.0 Å². The average molecular weight is 392 g/mol. The molecule has 0 fully saturated rings. The van der Waals surface area contributed by atoms with Crippen LogP contribution in [0.3, 0.4) is 0 Å². The molecule has 28 heavy (non-hydrogen) atoms. The summed E-state index contributed by atoms with van der Waals surface area (Å²) in [7, 11) is 0. The lowest BCUT2D eigenvalue weighted by Crippen LogP contribution is -2.18.